The molecule has 5 rings (SSSR count). The number of rotatable bonds is 6. The van der Waals surface area contributed by atoms with Crippen molar-refractivity contribution in [2.45, 2.75) is 134 Å². The minimum absolute atomic E-state index is 0.174. The van der Waals surface area contributed by atoms with Gasteiger partial charge in [0.2, 0.25) is 0 Å². The number of hydrogen-bond donors (Lipinski definition) is 6. The van der Waals surface area contributed by atoms with Gasteiger partial charge in [-0.05, 0) is 69.2 Å². The summed E-state index contributed by atoms with van der Waals surface area (Å²) in [4.78, 5) is 39.1. The molecule has 0 aromatic heterocycles. The van der Waals surface area contributed by atoms with Crippen molar-refractivity contribution in [1.29, 1.82) is 0 Å². The van der Waals surface area contributed by atoms with Crippen molar-refractivity contribution in [3.05, 3.63) is 59.2 Å². The summed E-state index contributed by atoms with van der Waals surface area (Å²) in [5, 5.41) is 63.1. The summed E-state index contributed by atoms with van der Waals surface area (Å²) in [6, 6.07) is 7.06. The lowest BCUT2D eigenvalue weighted by Crippen LogP contribution is -2.76. The molecule has 0 radical (unpaired) electrons. The summed E-state index contributed by atoms with van der Waals surface area (Å²) in [6.07, 6.45) is -7.36. The Morgan fingerprint density at radius 3 is 2.22 bits per heavy atom. The average molecular weight is 700 g/mol. The molecule has 276 valence electrons. The molecule has 0 saturated heterocycles. The van der Waals surface area contributed by atoms with Crippen LogP contribution in [0.25, 0.3) is 0 Å². The van der Waals surface area contributed by atoms with Crippen LogP contribution < -0.4 is 5.32 Å². The van der Waals surface area contributed by atoms with E-state index in [2.05, 4.69) is 11.9 Å². The van der Waals surface area contributed by atoms with Gasteiger partial charge >= 0.3 is 18.0 Å². The number of carbonyl (C=O) groups is 3. The predicted molar refractivity (Wildman–Crippen MR) is 181 cm³/mol. The second-order valence-corrected chi connectivity index (χ2v) is 16.4. The molecule has 50 heavy (non-hydrogen) atoms. The summed E-state index contributed by atoms with van der Waals surface area (Å²) >= 11 is 0. The third-order valence-corrected chi connectivity index (χ3v) is 12.2. The van der Waals surface area contributed by atoms with E-state index in [9.17, 15) is 39.9 Å². The van der Waals surface area contributed by atoms with Gasteiger partial charge in [-0.1, -0.05) is 57.7 Å². The highest BCUT2D eigenvalue weighted by atomic mass is 16.6. The van der Waals surface area contributed by atoms with Gasteiger partial charge in [0, 0.05) is 36.0 Å². The zero-order valence-corrected chi connectivity index (χ0v) is 30.2. The molecular weight excluding hydrogens is 646 g/mol. The number of esters is 2. The summed E-state index contributed by atoms with van der Waals surface area (Å²) in [5.41, 5.74) is -5.75. The lowest BCUT2D eigenvalue weighted by molar-refractivity contribution is -0.296. The maximum atomic E-state index is 13.8. The number of aliphatic hydroxyl groups is 5. The standard InChI is InChI=1S/C38H53NO11/c1-19-24(48-32(45)29(43)27(22-13-11-10-12-14-22)39-33(46)50-34(4,5)6)18-38(47)31(44)30-36(9,20(2)28(42)26(19)35(38,7)8)25(41)17-23-15-16-37(23,30)49-21(3)40/h10-14,23-25,27-31,41-44,47H,2,15-18H2,1,3-9H3,(H,39,46)/t23-,24+,25+,27+,28+,29-,30?,31+,36-,37+,38-/m1/s1. The van der Waals surface area contributed by atoms with E-state index in [1.165, 1.54) is 6.92 Å². The van der Waals surface area contributed by atoms with Gasteiger partial charge in [-0.25, -0.2) is 9.59 Å². The van der Waals surface area contributed by atoms with E-state index < -0.39 is 88.1 Å². The van der Waals surface area contributed by atoms with Gasteiger partial charge in [0.1, 0.15) is 22.9 Å². The SMILES string of the molecule is C=C1[C@H](O)C2=C(C)[C@@H](OC(=O)[C@H](O)[C@@H](NC(=O)OC(C)(C)C)c3ccccc3)C[C@@](O)([C@@H](O)C3[C@@]1(C)[C@@H](O)C[C@H]1CC[C@@]31OC(C)=O)C2(C)C. The monoisotopic (exact) mass is 699 g/mol. The van der Waals surface area contributed by atoms with E-state index in [4.69, 9.17) is 14.2 Å². The second kappa shape index (κ2) is 12.7. The highest BCUT2D eigenvalue weighted by molar-refractivity contribution is 5.78. The summed E-state index contributed by atoms with van der Waals surface area (Å²) in [5.74, 6) is -3.10. The van der Waals surface area contributed by atoms with Crippen LogP contribution in [0.4, 0.5) is 4.79 Å². The first kappa shape index (κ1) is 38.0. The van der Waals surface area contributed by atoms with Gasteiger partial charge < -0.3 is 45.1 Å². The third-order valence-electron chi connectivity index (χ3n) is 12.2. The summed E-state index contributed by atoms with van der Waals surface area (Å²) in [6.45, 7) is 17.2. The summed E-state index contributed by atoms with van der Waals surface area (Å²) in [7, 11) is 0. The van der Waals surface area contributed by atoms with Crippen LogP contribution in [0.1, 0.15) is 92.7 Å². The number of fused-ring (bicyclic) bond motifs is 5. The molecule has 1 aromatic carbocycles. The molecule has 6 N–H and O–H groups in total. The Balaban J connectivity index is 1.56. The maximum absolute atomic E-state index is 13.8. The maximum Gasteiger partial charge on any atom is 0.408 e. The molecule has 12 nitrogen and oxygen atoms in total. The van der Waals surface area contributed by atoms with Crippen LogP contribution in [0, 0.1) is 22.7 Å². The van der Waals surface area contributed by atoms with Gasteiger partial charge in [0.05, 0.1) is 24.4 Å². The number of hydrogen-bond acceptors (Lipinski definition) is 11. The normalized spacial score (nSPS) is 37.4. The molecule has 4 aliphatic rings. The molecule has 1 aromatic rings. The number of carbonyl (C=O) groups excluding carboxylic acids is 3. The van der Waals surface area contributed by atoms with Gasteiger partial charge in [0.15, 0.2) is 6.10 Å². The number of nitrogens with one attached hydrogen (secondary N) is 1. The highest BCUT2D eigenvalue weighted by Crippen LogP contribution is 2.68. The predicted octanol–water partition coefficient (Wildman–Crippen LogP) is 3.39. The van der Waals surface area contributed by atoms with E-state index in [1.54, 1.807) is 78.8 Å². The fourth-order valence-electron chi connectivity index (χ4n) is 9.36. The van der Waals surface area contributed by atoms with Crippen molar-refractivity contribution in [2.75, 3.05) is 0 Å². The fraction of sp³-hybridized carbons (Fsp3) is 0.658. The smallest absolute Gasteiger partial charge is 0.408 e. The number of aliphatic hydroxyl groups excluding tert-OH is 4. The number of benzene rings is 1. The number of amides is 1. The van der Waals surface area contributed by atoms with Crippen LogP contribution in [0.2, 0.25) is 0 Å². The third kappa shape index (κ3) is 5.86. The van der Waals surface area contributed by atoms with E-state index in [0.29, 0.717) is 24.0 Å². The Bertz CT molecular complexity index is 1570. The molecule has 1 unspecified atom stereocenters. The van der Waals surface area contributed by atoms with Crippen LogP contribution in [-0.4, -0.2) is 90.9 Å². The molecule has 3 saturated carbocycles. The Hall–Kier alpha value is -3.29. The van der Waals surface area contributed by atoms with E-state index >= 15 is 0 Å². The van der Waals surface area contributed by atoms with Crippen LogP contribution in [0.15, 0.2) is 53.6 Å². The molecule has 3 fully saturated rings. The van der Waals surface area contributed by atoms with Gasteiger partial charge in [-0.3, -0.25) is 4.79 Å². The van der Waals surface area contributed by atoms with Crippen molar-refractivity contribution >= 4 is 18.0 Å². The first-order valence-electron chi connectivity index (χ1n) is 17.3. The van der Waals surface area contributed by atoms with E-state index in [-0.39, 0.29) is 29.9 Å². The number of ether oxygens (including phenoxy) is 3. The lowest BCUT2D eigenvalue weighted by atomic mass is 9.40. The van der Waals surface area contributed by atoms with Crippen LogP contribution >= 0.6 is 0 Å². The zero-order valence-electron chi connectivity index (χ0n) is 30.2. The molecule has 0 aliphatic heterocycles. The van der Waals surface area contributed by atoms with E-state index in [1.807, 2.05) is 0 Å². The van der Waals surface area contributed by atoms with Gasteiger partial charge in [0.25, 0.3) is 0 Å². The molecule has 0 heterocycles. The zero-order chi connectivity index (χ0) is 37.4. The van der Waals surface area contributed by atoms with Crippen molar-refractivity contribution < 1.29 is 54.1 Å². The Labute approximate surface area is 293 Å². The minimum atomic E-state index is -2.11. The van der Waals surface area contributed by atoms with Crippen LogP contribution in [0.5, 0.6) is 0 Å². The molecular formula is C38H53NO11. The van der Waals surface area contributed by atoms with E-state index in [0.717, 1.165) is 0 Å². The van der Waals surface area contributed by atoms with Crippen molar-refractivity contribution in [3.8, 4) is 0 Å². The second-order valence-electron chi connectivity index (χ2n) is 16.4. The largest absolute Gasteiger partial charge is 0.459 e. The average Bonchev–Trinajstić information content (AvgIpc) is 3.01. The molecule has 0 spiro atoms. The van der Waals surface area contributed by atoms with Gasteiger partial charge in [-0.15, -0.1) is 0 Å². The van der Waals surface area contributed by atoms with Crippen molar-refractivity contribution in [3.63, 3.8) is 0 Å². The molecule has 4 aliphatic carbocycles. The highest BCUT2D eigenvalue weighted by Gasteiger charge is 2.74. The summed E-state index contributed by atoms with van der Waals surface area (Å²) < 4.78 is 17.3. The van der Waals surface area contributed by atoms with Crippen LogP contribution in [-0.2, 0) is 23.8 Å². The molecule has 11 atom stereocenters. The first-order chi connectivity index (χ1) is 23.0. The Kier molecular flexibility index (Phi) is 9.67. The molecule has 12 heteroatoms. The quantitative estimate of drug-likeness (QED) is 0.145. The lowest BCUT2D eigenvalue weighted by Gasteiger charge is -2.69. The van der Waals surface area contributed by atoms with Crippen molar-refractivity contribution in [1.82, 2.24) is 5.32 Å². The number of alkyl carbamates (subject to hydrolysis) is 1. The van der Waals surface area contributed by atoms with Crippen LogP contribution in [0.3, 0.4) is 0 Å². The minimum Gasteiger partial charge on any atom is -0.459 e. The Morgan fingerprint density at radius 1 is 1.06 bits per heavy atom. The molecule has 2 bridgehead atoms. The fourth-order valence-corrected chi connectivity index (χ4v) is 9.36. The van der Waals surface area contributed by atoms with Gasteiger partial charge in [-0.2, -0.15) is 0 Å². The Morgan fingerprint density at radius 2 is 1.68 bits per heavy atom. The molecule has 1 amide bonds. The first-order valence-corrected chi connectivity index (χ1v) is 17.3. The topological polar surface area (TPSA) is 192 Å². The van der Waals surface area contributed by atoms with Crippen molar-refractivity contribution in [2.24, 2.45) is 22.7 Å².